The summed E-state index contributed by atoms with van der Waals surface area (Å²) in [5.74, 6) is -0.278. The Morgan fingerprint density at radius 1 is 1.17 bits per heavy atom. The lowest BCUT2D eigenvalue weighted by molar-refractivity contribution is -0.116. The van der Waals surface area contributed by atoms with Crippen molar-refractivity contribution in [1.82, 2.24) is 5.32 Å². The van der Waals surface area contributed by atoms with E-state index in [2.05, 4.69) is 22.5 Å². The molecule has 2 aliphatic heterocycles. The first-order valence-electron chi connectivity index (χ1n) is 12.1. The molecule has 4 rings (SSSR count). The lowest BCUT2D eigenvalue weighted by Gasteiger charge is -2.31. The summed E-state index contributed by atoms with van der Waals surface area (Å²) in [5, 5.41) is 5.87. The number of cyclic esters (lactones) is 1. The van der Waals surface area contributed by atoms with Crippen molar-refractivity contribution in [2.75, 3.05) is 41.3 Å². The fraction of sp³-hybridized carbons (Fsp3) is 0.480. The standard InChI is InChI=1S/C25H31ClN4O4S/c1-2-3-7-23(31)28-19-14-17(8-9-20(19)29-12-5-4-6-13-29)30-16-18(34-25(30)33)15-27-24(32)21-10-11-22(26)35-21/h8-11,14,18H,2-7,12-13,15-16H2,1H3,(H,27,32)(H,28,31)/t18-/m1/s1. The van der Waals surface area contributed by atoms with E-state index in [1.807, 2.05) is 18.2 Å². The number of thiophene rings is 1. The van der Waals surface area contributed by atoms with Crippen LogP contribution in [0.3, 0.4) is 0 Å². The maximum atomic E-state index is 12.6. The molecule has 8 nitrogen and oxygen atoms in total. The van der Waals surface area contributed by atoms with Gasteiger partial charge in [-0.3, -0.25) is 14.5 Å². The van der Waals surface area contributed by atoms with Crippen LogP contribution in [-0.2, 0) is 9.53 Å². The highest BCUT2D eigenvalue weighted by atomic mass is 35.5. The van der Waals surface area contributed by atoms with Gasteiger partial charge in [0.1, 0.15) is 6.10 Å². The molecule has 2 aromatic rings. The van der Waals surface area contributed by atoms with E-state index in [4.69, 9.17) is 16.3 Å². The van der Waals surface area contributed by atoms with Gasteiger partial charge in [-0.05, 0) is 56.0 Å². The maximum Gasteiger partial charge on any atom is 0.414 e. The number of halogens is 1. The number of carbonyl (C=O) groups excluding carboxylic acids is 3. The Morgan fingerprint density at radius 3 is 2.69 bits per heavy atom. The molecule has 10 heteroatoms. The zero-order chi connectivity index (χ0) is 24.8. The molecule has 2 fully saturated rings. The second-order valence-corrected chi connectivity index (χ2v) is 10.5. The predicted octanol–water partition coefficient (Wildman–Crippen LogP) is 5.28. The first kappa shape index (κ1) is 25.3. The fourth-order valence-electron chi connectivity index (χ4n) is 4.32. The minimum absolute atomic E-state index is 0.0273. The number of carbonyl (C=O) groups is 3. The van der Waals surface area contributed by atoms with E-state index < -0.39 is 12.2 Å². The molecule has 1 aromatic heterocycles. The molecule has 1 aromatic carbocycles. The van der Waals surface area contributed by atoms with E-state index in [-0.39, 0.29) is 18.4 Å². The van der Waals surface area contributed by atoms with Crippen molar-refractivity contribution in [3.63, 3.8) is 0 Å². The Balaban J connectivity index is 1.45. The van der Waals surface area contributed by atoms with Crippen LogP contribution in [0.1, 0.15) is 55.1 Å². The minimum atomic E-state index is -0.480. The molecule has 2 aliphatic rings. The number of anilines is 3. The van der Waals surface area contributed by atoms with Gasteiger partial charge in [0.2, 0.25) is 5.91 Å². The Morgan fingerprint density at radius 2 is 1.97 bits per heavy atom. The molecular formula is C25H31ClN4O4S. The van der Waals surface area contributed by atoms with Crippen molar-refractivity contribution in [1.29, 1.82) is 0 Å². The summed E-state index contributed by atoms with van der Waals surface area (Å²) in [6, 6.07) is 9.05. The minimum Gasteiger partial charge on any atom is -0.442 e. The number of unbranched alkanes of at least 4 members (excludes halogenated alkanes) is 1. The molecule has 1 atom stereocenters. The van der Waals surface area contributed by atoms with Crippen LogP contribution >= 0.6 is 22.9 Å². The summed E-state index contributed by atoms with van der Waals surface area (Å²) in [6.45, 7) is 4.44. The number of hydrogen-bond acceptors (Lipinski definition) is 6. The zero-order valence-corrected chi connectivity index (χ0v) is 21.4. The molecule has 35 heavy (non-hydrogen) atoms. The first-order chi connectivity index (χ1) is 16.9. The zero-order valence-electron chi connectivity index (χ0n) is 19.8. The number of hydrogen-bond donors (Lipinski definition) is 2. The number of ether oxygens (including phenoxy) is 1. The lowest BCUT2D eigenvalue weighted by atomic mass is 10.1. The van der Waals surface area contributed by atoms with Crippen LogP contribution in [-0.4, -0.2) is 50.2 Å². The van der Waals surface area contributed by atoms with Crippen molar-refractivity contribution < 1.29 is 19.1 Å². The first-order valence-corrected chi connectivity index (χ1v) is 13.3. The van der Waals surface area contributed by atoms with Crippen molar-refractivity contribution in [3.05, 3.63) is 39.5 Å². The van der Waals surface area contributed by atoms with Crippen molar-refractivity contribution in [3.8, 4) is 0 Å². The SMILES string of the molecule is CCCCC(=O)Nc1cc(N2C[C@@H](CNC(=O)c3ccc(Cl)s3)OC2=O)ccc1N1CCCCC1. The van der Waals surface area contributed by atoms with E-state index in [9.17, 15) is 14.4 Å². The summed E-state index contributed by atoms with van der Waals surface area (Å²) in [7, 11) is 0. The maximum absolute atomic E-state index is 12.6. The number of piperidine rings is 1. The van der Waals surface area contributed by atoms with Gasteiger partial charge in [0.25, 0.3) is 5.91 Å². The highest BCUT2D eigenvalue weighted by Crippen LogP contribution is 2.34. The van der Waals surface area contributed by atoms with Crippen LogP contribution in [0, 0.1) is 0 Å². The molecule has 0 saturated carbocycles. The Bertz CT molecular complexity index is 1070. The third-order valence-corrected chi connectivity index (χ3v) is 7.41. The topological polar surface area (TPSA) is 91.0 Å². The third-order valence-electron chi connectivity index (χ3n) is 6.18. The Kier molecular flexibility index (Phi) is 8.51. The molecule has 0 aliphatic carbocycles. The average molecular weight is 519 g/mol. The molecule has 2 N–H and O–H groups in total. The fourth-order valence-corrected chi connectivity index (χ4v) is 5.28. The number of nitrogens with zero attached hydrogens (tertiary/aromatic N) is 2. The van der Waals surface area contributed by atoms with Gasteiger partial charge < -0.3 is 20.3 Å². The average Bonchev–Trinajstić information content (AvgIpc) is 3.47. The molecule has 188 valence electrons. The van der Waals surface area contributed by atoms with E-state index in [1.54, 1.807) is 17.0 Å². The van der Waals surface area contributed by atoms with Gasteiger partial charge in [-0.15, -0.1) is 11.3 Å². The summed E-state index contributed by atoms with van der Waals surface area (Å²) in [6.07, 6.45) is 4.73. The van der Waals surface area contributed by atoms with Crippen LogP contribution in [0.4, 0.5) is 21.9 Å². The Hall–Kier alpha value is -2.78. The summed E-state index contributed by atoms with van der Waals surface area (Å²) < 4.78 is 6.03. The van der Waals surface area contributed by atoms with E-state index in [1.165, 1.54) is 17.8 Å². The number of benzene rings is 1. The van der Waals surface area contributed by atoms with Gasteiger partial charge in [-0.1, -0.05) is 24.9 Å². The summed E-state index contributed by atoms with van der Waals surface area (Å²) in [4.78, 5) is 41.8. The number of nitrogens with one attached hydrogen (secondary N) is 2. The third kappa shape index (κ3) is 6.46. The van der Waals surface area contributed by atoms with Gasteiger partial charge in [-0.2, -0.15) is 0 Å². The van der Waals surface area contributed by atoms with Gasteiger partial charge in [0, 0.05) is 25.2 Å². The Labute approximate surface area is 214 Å². The molecular weight excluding hydrogens is 488 g/mol. The molecule has 3 heterocycles. The van der Waals surface area contributed by atoms with Crippen LogP contribution in [0.25, 0.3) is 0 Å². The lowest BCUT2D eigenvalue weighted by Crippen LogP contribution is -2.34. The largest absolute Gasteiger partial charge is 0.442 e. The van der Waals surface area contributed by atoms with Crippen molar-refractivity contribution in [2.45, 2.75) is 51.6 Å². The second kappa shape index (κ2) is 11.8. The molecule has 0 unspecified atom stereocenters. The van der Waals surface area contributed by atoms with Crippen LogP contribution in [0.2, 0.25) is 4.34 Å². The second-order valence-electron chi connectivity index (χ2n) is 8.83. The highest BCUT2D eigenvalue weighted by Gasteiger charge is 2.33. The molecule has 3 amide bonds. The quantitative estimate of drug-likeness (QED) is 0.471. The van der Waals surface area contributed by atoms with Gasteiger partial charge in [0.15, 0.2) is 0 Å². The number of rotatable bonds is 9. The summed E-state index contributed by atoms with van der Waals surface area (Å²) >= 11 is 7.10. The van der Waals surface area contributed by atoms with E-state index in [0.717, 1.165) is 44.5 Å². The van der Waals surface area contributed by atoms with Crippen LogP contribution in [0.5, 0.6) is 0 Å². The molecule has 0 radical (unpaired) electrons. The van der Waals surface area contributed by atoms with Gasteiger partial charge in [-0.25, -0.2) is 4.79 Å². The van der Waals surface area contributed by atoms with Gasteiger partial charge >= 0.3 is 6.09 Å². The molecule has 2 saturated heterocycles. The smallest absolute Gasteiger partial charge is 0.414 e. The monoisotopic (exact) mass is 518 g/mol. The van der Waals surface area contributed by atoms with Crippen LogP contribution < -0.4 is 20.4 Å². The van der Waals surface area contributed by atoms with Crippen molar-refractivity contribution >= 4 is 57.9 Å². The van der Waals surface area contributed by atoms with Crippen molar-refractivity contribution in [2.24, 2.45) is 0 Å². The molecule has 0 spiro atoms. The molecule has 0 bridgehead atoms. The van der Waals surface area contributed by atoms with E-state index >= 15 is 0 Å². The predicted molar refractivity (Wildman–Crippen MR) is 140 cm³/mol. The highest BCUT2D eigenvalue weighted by molar-refractivity contribution is 7.18. The normalized spacial score (nSPS) is 17.9. The van der Waals surface area contributed by atoms with E-state index in [0.29, 0.717) is 33.6 Å². The van der Waals surface area contributed by atoms with Gasteiger partial charge in [0.05, 0.1) is 33.7 Å². The summed E-state index contributed by atoms with van der Waals surface area (Å²) in [5.41, 5.74) is 2.34. The van der Waals surface area contributed by atoms with Crippen LogP contribution in [0.15, 0.2) is 30.3 Å². The number of amides is 3.